The van der Waals surface area contributed by atoms with Crippen molar-refractivity contribution in [2.45, 2.75) is 11.3 Å². The number of nitriles is 1. The molecule has 0 bridgehead atoms. The molecule has 0 aliphatic heterocycles. The van der Waals surface area contributed by atoms with Crippen LogP contribution in [0.4, 0.5) is 4.79 Å². The van der Waals surface area contributed by atoms with E-state index >= 15 is 0 Å². The van der Waals surface area contributed by atoms with Gasteiger partial charge in [-0.3, -0.25) is 0 Å². The van der Waals surface area contributed by atoms with E-state index in [2.05, 4.69) is 11.8 Å². The molecule has 0 unspecified atom stereocenters. The van der Waals surface area contributed by atoms with Gasteiger partial charge >= 0.3 is 5.30 Å². The van der Waals surface area contributed by atoms with Crippen LogP contribution in [-0.2, 0) is 4.74 Å². The van der Waals surface area contributed by atoms with Gasteiger partial charge in [-0.05, 0) is 48.2 Å². The Balaban J connectivity index is 1.72. The Morgan fingerprint density at radius 3 is 2.45 bits per heavy atom. The fraction of sp³-hybridized carbons (Fsp3) is 0.111. The Morgan fingerprint density at radius 2 is 1.77 bits per heavy atom. The number of hydrogen-bond acceptors (Lipinski definition) is 4. The Kier molecular flexibility index (Phi) is 6.11. The van der Waals surface area contributed by atoms with Gasteiger partial charge < -0.3 is 4.74 Å². The lowest BCUT2D eigenvalue weighted by Gasteiger charge is -2.01. The van der Waals surface area contributed by atoms with Crippen molar-refractivity contribution >= 4 is 17.1 Å². The highest BCUT2D eigenvalue weighted by molar-refractivity contribution is 8.13. The first kappa shape index (κ1) is 15.7. The van der Waals surface area contributed by atoms with Gasteiger partial charge in [-0.2, -0.15) is 5.26 Å². The SMILES string of the molecule is N#Cc1ccc(SC(=O)OCCC#Cc2ccccc2)cc1. The van der Waals surface area contributed by atoms with Gasteiger partial charge in [-0.15, -0.1) is 0 Å². The number of ether oxygens (including phenoxy) is 1. The molecule has 22 heavy (non-hydrogen) atoms. The van der Waals surface area contributed by atoms with E-state index in [-0.39, 0.29) is 11.9 Å². The fourth-order valence-electron chi connectivity index (χ4n) is 1.59. The largest absolute Gasteiger partial charge is 0.456 e. The van der Waals surface area contributed by atoms with Crippen molar-refractivity contribution < 1.29 is 9.53 Å². The first-order chi connectivity index (χ1) is 10.8. The summed E-state index contributed by atoms with van der Waals surface area (Å²) in [5, 5.41) is 8.33. The summed E-state index contributed by atoms with van der Waals surface area (Å²) in [4.78, 5) is 12.4. The van der Waals surface area contributed by atoms with Gasteiger partial charge in [0.2, 0.25) is 0 Å². The highest BCUT2D eigenvalue weighted by atomic mass is 32.2. The van der Waals surface area contributed by atoms with Gasteiger partial charge in [0.25, 0.3) is 0 Å². The number of nitrogens with zero attached hydrogens (tertiary/aromatic N) is 1. The molecule has 0 saturated carbocycles. The number of carbonyl (C=O) groups is 1. The van der Waals surface area contributed by atoms with Crippen molar-refractivity contribution in [2.75, 3.05) is 6.61 Å². The summed E-state index contributed by atoms with van der Waals surface area (Å²) in [5.41, 5.74) is 1.51. The van der Waals surface area contributed by atoms with Crippen molar-refractivity contribution in [1.82, 2.24) is 0 Å². The van der Waals surface area contributed by atoms with E-state index in [1.54, 1.807) is 24.3 Å². The zero-order valence-electron chi connectivity index (χ0n) is 11.8. The maximum absolute atomic E-state index is 11.6. The van der Waals surface area contributed by atoms with E-state index in [1.165, 1.54) is 0 Å². The molecule has 0 atom stereocenters. The molecular formula is C18H13NO2S. The minimum absolute atomic E-state index is 0.266. The molecular weight excluding hydrogens is 294 g/mol. The maximum atomic E-state index is 11.6. The molecule has 0 spiro atoms. The molecule has 0 aromatic heterocycles. The van der Waals surface area contributed by atoms with Crippen molar-refractivity contribution in [1.29, 1.82) is 5.26 Å². The van der Waals surface area contributed by atoms with Crippen molar-refractivity contribution in [3.63, 3.8) is 0 Å². The van der Waals surface area contributed by atoms with Crippen molar-refractivity contribution in [3.05, 3.63) is 65.7 Å². The third-order valence-electron chi connectivity index (χ3n) is 2.64. The topological polar surface area (TPSA) is 50.1 Å². The molecule has 2 aromatic carbocycles. The van der Waals surface area contributed by atoms with Gasteiger partial charge in [0.05, 0.1) is 11.6 Å². The van der Waals surface area contributed by atoms with Crippen LogP contribution in [0.25, 0.3) is 0 Å². The van der Waals surface area contributed by atoms with Crippen LogP contribution >= 0.6 is 11.8 Å². The molecule has 0 radical (unpaired) electrons. The van der Waals surface area contributed by atoms with Crippen LogP contribution in [0, 0.1) is 23.2 Å². The maximum Gasteiger partial charge on any atom is 0.372 e. The Morgan fingerprint density at radius 1 is 1.05 bits per heavy atom. The van der Waals surface area contributed by atoms with Crippen molar-refractivity contribution in [2.24, 2.45) is 0 Å². The first-order valence-electron chi connectivity index (χ1n) is 6.66. The second-order valence-corrected chi connectivity index (χ2v) is 5.26. The molecule has 0 heterocycles. The highest BCUT2D eigenvalue weighted by Gasteiger charge is 2.05. The summed E-state index contributed by atoms with van der Waals surface area (Å²) >= 11 is 0.998. The Bertz CT molecular complexity index is 722. The zero-order chi connectivity index (χ0) is 15.6. The monoisotopic (exact) mass is 307 g/mol. The van der Waals surface area contributed by atoms with Gasteiger partial charge in [0.1, 0.15) is 6.61 Å². The minimum Gasteiger partial charge on any atom is -0.456 e. The predicted molar refractivity (Wildman–Crippen MR) is 86.3 cm³/mol. The minimum atomic E-state index is -0.369. The first-order valence-corrected chi connectivity index (χ1v) is 7.48. The average Bonchev–Trinajstić information content (AvgIpc) is 2.56. The molecule has 0 amide bonds. The van der Waals surface area contributed by atoms with E-state index in [9.17, 15) is 4.79 Å². The summed E-state index contributed by atoms with van der Waals surface area (Å²) in [6.45, 7) is 0.266. The van der Waals surface area contributed by atoms with Crippen LogP contribution in [0.2, 0.25) is 0 Å². The lowest BCUT2D eigenvalue weighted by atomic mass is 10.2. The van der Waals surface area contributed by atoms with E-state index in [4.69, 9.17) is 10.00 Å². The number of rotatable bonds is 3. The molecule has 0 aliphatic carbocycles. The molecule has 2 aromatic rings. The van der Waals surface area contributed by atoms with Crippen molar-refractivity contribution in [3.8, 4) is 17.9 Å². The Labute approximate surface area is 133 Å². The van der Waals surface area contributed by atoms with Gasteiger partial charge in [-0.1, -0.05) is 30.0 Å². The van der Waals surface area contributed by atoms with Gasteiger partial charge in [0, 0.05) is 16.9 Å². The van der Waals surface area contributed by atoms with Gasteiger partial charge in [-0.25, -0.2) is 4.79 Å². The highest BCUT2D eigenvalue weighted by Crippen LogP contribution is 2.20. The van der Waals surface area contributed by atoms with E-state index in [0.29, 0.717) is 12.0 Å². The molecule has 0 saturated heterocycles. The molecule has 0 aliphatic rings. The number of hydrogen-bond donors (Lipinski definition) is 0. The van der Waals surface area contributed by atoms with E-state index < -0.39 is 0 Å². The summed E-state index contributed by atoms with van der Waals surface area (Å²) in [5.74, 6) is 5.97. The quantitative estimate of drug-likeness (QED) is 0.368. The van der Waals surface area contributed by atoms with Gasteiger partial charge in [0.15, 0.2) is 0 Å². The molecule has 4 heteroatoms. The third-order valence-corrected chi connectivity index (χ3v) is 3.43. The molecule has 0 N–H and O–H groups in total. The molecule has 108 valence electrons. The second kappa shape index (κ2) is 8.56. The van der Waals surface area contributed by atoms with Crippen LogP contribution < -0.4 is 0 Å². The number of carbonyl (C=O) groups excluding carboxylic acids is 1. The standard InChI is InChI=1S/C18H13NO2S/c19-14-16-9-11-17(12-10-16)22-18(20)21-13-5-4-8-15-6-2-1-3-7-15/h1-3,6-7,9-12H,5,13H2. The van der Waals surface area contributed by atoms with Crippen LogP contribution in [0.5, 0.6) is 0 Å². The van der Waals surface area contributed by atoms with E-state index in [1.807, 2.05) is 36.4 Å². The van der Waals surface area contributed by atoms with Crippen LogP contribution in [-0.4, -0.2) is 11.9 Å². The third kappa shape index (κ3) is 5.36. The van der Waals surface area contributed by atoms with E-state index in [0.717, 1.165) is 22.2 Å². The summed E-state index contributed by atoms with van der Waals surface area (Å²) in [7, 11) is 0. The zero-order valence-corrected chi connectivity index (χ0v) is 12.6. The smallest absolute Gasteiger partial charge is 0.372 e. The lowest BCUT2D eigenvalue weighted by molar-refractivity contribution is 0.178. The second-order valence-electron chi connectivity index (χ2n) is 4.25. The fourth-order valence-corrected chi connectivity index (χ4v) is 2.20. The van der Waals surface area contributed by atoms with Crippen LogP contribution in [0.15, 0.2) is 59.5 Å². The Hall–Kier alpha value is -2.69. The number of thioether (sulfide) groups is 1. The number of benzene rings is 2. The summed E-state index contributed by atoms with van der Waals surface area (Å²) < 4.78 is 5.10. The lowest BCUT2D eigenvalue weighted by Crippen LogP contribution is -1.98. The predicted octanol–water partition coefficient (Wildman–Crippen LogP) is 4.23. The van der Waals surface area contributed by atoms with Crippen LogP contribution in [0.3, 0.4) is 0 Å². The normalized spacial score (nSPS) is 9.23. The molecule has 2 rings (SSSR count). The van der Waals surface area contributed by atoms with Crippen LogP contribution in [0.1, 0.15) is 17.5 Å². The summed E-state index contributed by atoms with van der Waals surface area (Å²) in [6.07, 6.45) is 0.495. The molecule has 3 nitrogen and oxygen atoms in total. The summed E-state index contributed by atoms with van der Waals surface area (Å²) in [6, 6.07) is 18.5. The molecule has 0 fully saturated rings. The average molecular weight is 307 g/mol.